The third-order valence-corrected chi connectivity index (χ3v) is 21.4. The lowest BCUT2D eigenvalue weighted by Crippen LogP contribution is -2.46. The van der Waals surface area contributed by atoms with Crippen molar-refractivity contribution in [3.8, 4) is 5.75 Å². The Morgan fingerprint density at radius 1 is 0.857 bits per heavy atom. The van der Waals surface area contributed by atoms with E-state index in [0.717, 1.165) is 49.8 Å². The lowest BCUT2D eigenvalue weighted by molar-refractivity contribution is -0.147. The Labute approximate surface area is 301 Å². The first kappa shape index (κ1) is 39.8. The molecule has 4 rings (SSSR count). The van der Waals surface area contributed by atoms with Gasteiger partial charge in [0.15, 0.2) is 23.2 Å². The first-order valence-corrected chi connectivity index (χ1v) is 25.0. The summed E-state index contributed by atoms with van der Waals surface area (Å²) in [6.07, 6.45) is 10.9. The van der Waals surface area contributed by atoms with Gasteiger partial charge in [-0.15, -0.1) is 0 Å². The molecule has 0 heterocycles. The van der Waals surface area contributed by atoms with Gasteiger partial charge in [0.2, 0.25) is 0 Å². The first-order valence-electron chi connectivity index (χ1n) is 19.2. The zero-order chi connectivity index (χ0) is 36.0. The van der Waals surface area contributed by atoms with E-state index in [1.165, 1.54) is 30.4 Å². The Morgan fingerprint density at radius 3 is 2.20 bits per heavy atom. The van der Waals surface area contributed by atoms with Crippen LogP contribution in [-0.4, -0.2) is 41.4 Å². The van der Waals surface area contributed by atoms with Crippen LogP contribution in [0.2, 0.25) is 36.3 Å². The van der Waals surface area contributed by atoms with Crippen molar-refractivity contribution in [2.75, 3.05) is 6.61 Å². The smallest absolute Gasteiger partial charge is 0.344 e. The lowest BCUT2D eigenvalue weighted by Gasteiger charge is -2.42. The number of unbranched alkanes of at least 4 members (excludes halogenated alkanes) is 2. The highest BCUT2D eigenvalue weighted by molar-refractivity contribution is 6.74. The van der Waals surface area contributed by atoms with Crippen LogP contribution in [0.4, 0.5) is 0 Å². The highest BCUT2D eigenvalue weighted by atomic mass is 28.4. The fraction of sp³-hybridized carbons (Fsp3) is 0.690. The monoisotopic (exact) mass is 708 g/mol. The van der Waals surface area contributed by atoms with Crippen molar-refractivity contribution in [2.24, 2.45) is 17.8 Å². The molecule has 2 aromatic rings. The average Bonchev–Trinajstić information content (AvgIpc) is 3.34. The van der Waals surface area contributed by atoms with Crippen LogP contribution in [0.1, 0.15) is 110 Å². The van der Waals surface area contributed by atoms with Gasteiger partial charge in [-0.05, 0) is 115 Å². The number of ether oxygens (including phenoxy) is 2. The molecule has 0 N–H and O–H groups in total. The molecule has 0 aromatic heterocycles. The number of fused-ring (bicyclic) bond motifs is 2. The third kappa shape index (κ3) is 10.6. The Balaban J connectivity index is 1.51. The maximum Gasteiger partial charge on any atom is 0.344 e. The van der Waals surface area contributed by atoms with Crippen LogP contribution >= 0.6 is 0 Å². The molecule has 0 bridgehead atoms. The number of benzene rings is 2. The van der Waals surface area contributed by atoms with E-state index in [1.54, 1.807) is 0 Å². The molecule has 0 saturated heterocycles. The molecule has 274 valence electrons. The molecule has 5 nitrogen and oxygen atoms in total. The molecular formula is C42H68O5Si2. The highest BCUT2D eigenvalue weighted by Crippen LogP contribution is 2.52. The molecule has 49 heavy (non-hydrogen) atoms. The van der Waals surface area contributed by atoms with E-state index in [1.807, 2.05) is 36.4 Å². The molecule has 2 unspecified atom stereocenters. The minimum absolute atomic E-state index is 0.0786. The molecule has 2 aliphatic rings. The molecule has 0 aliphatic heterocycles. The van der Waals surface area contributed by atoms with Gasteiger partial charge in [0, 0.05) is 12.2 Å². The maximum atomic E-state index is 12.6. The van der Waals surface area contributed by atoms with Gasteiger partial charge in [0.1, 0.15) is 12.4 Å². The molecule has 1 fully saturated rings. The molecule has 1 saturated carbocycles. The Hall–Kier alpha value is -1.94. The molecule has 0 amide bonds. The predicted octanol–water partition coefficient (Wildman–Crippen LogP) is 11.3. The van der Waals surface area contributed by atoms with Crippen molar-refractivity contribution in [1.29, 1.82) is 0 Å². The van der Waals surface area contributed by atoms with E-state index in [9.17, 15) is 4.79 Å². The van der Waals surface area contributed by atoms with Crippen LogP contribution < -0.4 is 4.74 Å². The van der Waals surface area contributed by atoms with Crippen molar-refractivity contribution < 1.29 is 23.1 Å². The van der Waals surface area contributed by atoms with Crippen LogP contribution in [-0.2, 0) is 37.8 Å². The molecule has 2 aromatic carbocycles. The minimum atomic E-state index is -1.97. The van der Waals surface area contributed by atoms with E-state index in [2.05, 4.69) is 86.8 Å². The normalized spacial score (nSPS) is 21.9. The molecule has 7 heteroatoms. The zero-order valence-electron chi connectivity index (χ0n) is 32.8. The topological polar surface area (TPSA) is 54.0 Å². The fourth-order valence-electron chi connectivity index (χ4n) is 7.37. The predicted molar refractivity (Wildman–Crippen MR) is 208 cm³/mol. The second-order valence-corrected chi connectivity index (χ2v) is 27.6. The summed E-state index contributed by atoms with van der Waals surface area (Å²) in [5.74, 6) is 2.13. The summed E-state index contributed by atoms with van der Waals surface area (Å²) >= 11 is 0. The number of carbonyl (C=O) groups excluding carboxylic acids is 1. The van der Waals surface area contributed by atoms with Gasteiger partial charge >= 0.3 is 5.97 Å². The van der Waals surface area contributed by atoms with Crippen LogP contribution in [0.5, 0.6) is 5.75 Å². The van der Waals surface area contributed by atoms with E-state index in [-0.39, 0.29) is 35.4 Å². The van der Waals surface area contributed by atoms with Crippen molar-refractivity contribution in [3.05, 3.63) is 65.2 Å². The average molecular weight is 709 g/mol. The van der Waals surface area contributed by atoms with Crippen molar-refractivity contribution >= 4 is 22.6 Å². The van der Waals surface area contributed by atoms with Crippen LogP contribution in [0.25, 0.3) is 0 Å². The SMILES string of the molecule is CCCCCC(CC[C@H]1C(O[Si](C)(C)C(C)(C)C)C[C@@H]2Cc3c(cccc3OCC(=O)OCc3ccccc3)C[C@@H]21)O[Si](C)(C)C(C)(C)C. The third-order valence-electron chi connectivity index (χ3n) is 12.4. The summed E-state index contributed by atoms with van der Waals surface area (Å²) in [5.41, 5.74) is 3.61. The van der Waals surface area contributed by atoms with Crippen LogP contribution in [0.3, 0.4) is 0 Å². The summed E-state index contributed by atoms with van der Waals surface area (Å²) in [5, 5.41) is 0.368. The lowest BCUT2D eigenvalue weighted by atomic mass is 9.73. The summed E-state index contributed by atoms with van der Waals surface area (Å²) < 4.78 is 26.2. The maximum absolute atomic E-state index is 12.6. The van der Waals surface area contributed by atoms with Gasteiger partial charge in [0.25, 0.3) is 0 Å². The molecule has 5 atom stereocenters. The number of esters is 1. The molecule has 0 spiro atoms. The van der Waals surface area contributed by atoms with E-state index in [0.29, 0.717) is 23.9 Å². The second kappa shape index (κ2) is 16.6. The van der Waals surface area contributed by atoms with Crippen LogP contribution in [0.15, 0.2) is 48.5 Å². The minimum Gasteiger partial charge on any atom is -0.482 e. The van der Waals surface area contributed by atoms with Gasteiger partial charge in [-0.2, -0.15) is 0 Å². The van der Waals surface area contributed by atoms with Gasteiger partial charge in [-0.3, -0.25) is 0 Å². The second-order valence-electron chi connectivity index (χ2n) is 18.1. The standard InChI is InChI=1S/C42H68O5Si2/c1-12-13-15-22-34(46-48(8,9)41(2,3)4)24-25-35-36-26-32-21-18-23-38(44-30-40(43)45-29-31-19-16-14-17-20-31)37(32)27-33(36)28-39(35)47-49(10,11)42(5,6)7/h14,16-21,23,33-36,39H,12-13,15,22,24-30H2,1-11H3/t33-,34?,35+,36-,39?/m0/s1. The van der Waals surface area contributed by atoms with Crippen molar-refractivity contribution in [2.45, 2.75) is 161 Å². The summed E-state index contributed by atoms with van der Waals surface area (Å²) in [4.78, 5) is 12.6. The first-order chi connectivity index (χ1) is 22.9. The number of hydrogen-bond donors (Lipinski definition) is 0. The van der Waals surface area contributed by atoms with Gasteiger partial charge < -0.3 is 18.3 Å². The Morgan fingerprint density at radius 2 is 1.55 bits per heavy atom. The quantitative estimate of drug-likeness (QED) is 0.0987. The molecule has 0 radical (unpaired) electrons. The van der Waals surface area contributed by atoms with Crippen molar-refractivity contribution in [3.63, 3.8) is 0 Å². The van der Waals surface area contributed by atoms with Crippen molar-refractivity contribution in [1.82, 2.24) is 0 Å². The number of hydrogen-bond acceptors (Lipinski definition) is 5. The zero-order valence-corrected chi connectivity index (χ0v) is 34.8. The molecular weight excluding hydrogens is 641 g/mol. The number of rotatable bonds is 16. The van der Waals surface area contributed by atoms with Gasteiger partial charge in [-0.1, -0.05) is 110 Å². The summed E-state index contributed by atoms with van der Waals surface area (Å²) in [6, 6.07) is 16.2. The largest absolute Gasteiger partial charge is 0.482 e. The van der Waals surface area contributed by atoms with E-state index < -0.39 is 16.6 Å². The highest BCUT2D eigenvalue weighted by Gasteiger charge is 2.50. The molecule has 2 aliphatic carbocycles. The Bertz CT molecular complexity index is 1340. The van der Waals surface area contributed by atoms with E-state index in [4.69, 9.17) is 18.3 Å². The Kier molecular flexibility index (Phi) is 13.5. The summed E-state index contributed by atoms with van der Waals surface area (Å²) in [6.45, 7) is 26.3. The fourth-order valence-corrected chi connectivity index (χ4v) is 10.2. The van der Waals surface area contributed by atoms with Gasteiger partial charge in [-0.25, -0.2) is 4.79 Å². The number of carbonyl (C=O) groups is 1. The van der Waals surface area contributed by atoms with Gasteiger partial charge in [0.05, 0.1) is 0 Å². The summed E-state index contributed by atoms with van der Waals surface area (Å²) in [7, 11) is -3.85. The van der Waals surface area contributed by atoms with Crippen LogP contribution in [0, 0.1) is 17.8 Å². The van der Waals surface area contributed by atoms with E-state index >= 15 is 0 Å².